The normalized spacial score (nSPS) is 11.3. The number of anilines is 2. The van der Waals surface area contributed by atoms with Gasteiger partial charge in [0.2, 0.25) is 0 Å². The van der Waals surface area contributed by atoms with Crippen molar-refractivity contribution in [1.82, 2.24) is 4.98 Å². The Morgan fingerprint density at radius 3 is 2.52 bits per heavy atom. The second-order valence-electron chi connectivity index (χ2n) is 7.60. The number of aromatic amines is 1. The first kappa shape index (κ1) is 22.0. The van der Waals surface area contributed by atoms with Crippen molar-refractivity contribution in [3.63, 3.8) is 0 Å². The lowest BCUT2D eigenvalue weighted by molar-refractivity contribution is -0.384. The molecule has 0 aliphatic heterocycles. The van der Waals surface area contributed by atoms with Crippen molar-refractivity contribution in [3.8, 4) is 0 Å². The average molecular weight is 465 g/mol. The summed E-state index contributed by atoms with van der Waals surface area (Å²) in [6, 6.07) is 15.7. The van der Waals surface area contributed by atoms with Gasteiger partial charge in [0, 0.05) is 40.6 Å². The van der Waals surface area contributed by atoms with Gasteiger partial charge in [0.05, 0.1) is 15.4 Å². The second-order valence-corrected chi connectivity index (χ2v) is 9.25. The number of non-ortho nitro benzene ring substituents is 1. The molecule has 4 rings (SSSR count). The summed E-state index contributed by atoms with van der Waals surface area (Å²) in [5.74, 6) is -0.527. The van der Waals surface area contributed by atoms with E-state index in [1.54, 1.807) is 37.3 Å². The first-order chi connectivity index (χ1) is 15.6. The minimum Gasteiger partial charge on any atom is -0.360 e. The lowest BCUT2D eigenvalue weighted by atomic mass is 10.1. The van der Waals surface area contributed by atoms with Crippen LogP contribution >= 0.6 is 0 Å². The van der Waals surface area contributed by atoms with Gasteiger partial charge in [-0.05, 0) is 55.3 Å². The second kappa shape index (κ2) is 8.40. The number of amides is 1. The van der Waals surface area contributed by atoms with Gasteiger partial charge in [0.1, 0.15) is 0 Å². The van der Waals surface area contributed by atoms with Crippen molar-refractivity contribution in [2.24, 2.45) is 0 Å². The largest absolute Gasteiger partial charge is 0.360 e. The van der Waals surface area contributed by atoms with Crippen LogP contribution in [0.1, 0.15) is 21.5 Å². The van der Waals surface area contributed by atoms with Crippen LogP contribution in [0, 0.1) is 24.0 Å². The van der Waals surface area contributed by atoms with Gasteiger partial charge in [-0.1, -0.05) is 18.2 Å². The van der Waals surface area contributed by atoms with E-state index in [1.165, 1.54) is 30.5 Å². The Morgan fingerprint density at radius 1 is 1.00 bits per heavy atom. The Labute approximate surface area is 189 Å². The first-order valence-corrected chi connectivity index (χ1v) is 11.4. The molecule has 0 aliphatic rings. The molecule has 0 radical (unpaired) electrons. The van der Waals surface area contributed by atoms with Gasteiger partial charge in [-0.15, -0.1) is 0 Å². The fraction of sp³-hybridized carbons (Fsp3) is 0.0870. The van der Waals surface area contributed by atoms with Gasteiger partial charge in [0.15, 0.2) is 0 Å². The number of nitro benzene ring substituents is 1. The van der Waals surface area contributed by atoms with Crippen LogP contribution in [0.2, 0.25) is 0 Å². The number of rotatable bonds is 6. The highest BCUT2D eigenvalue weighted by molar-refractivity contribution is 7.92. The van der Waals surface area contributed by atoms with E-state index in [0.717, 1.165) is 5.56 Å². The van der Waals surface area contributed by atoms with Crippen LogP contribution in [-0.2, 0) is 10.0 Å². The molecule has 1 aromatic heterocycles. The van der Waals surface area contributed by atoms with Crippen molar-refractivity contribution in [1.29, 1.82) is 0 Å². The lowest BCUT2D eigenvalue weighted by Crippen LogP contribution is -2.16. The number of nitrogens with one attached hydrogen (secondary N) is 3. The summed E-state index contributed by atoms with van der Waals surface area (Å²) in [5.41, 5.74) is 2.76. The zero-order chi connectivity index (χ0) is 23.8. The minimum atomic E-state index is -3.91. The molecule has 0 atom stereocenters. The van der Waals surface area contributed by atoms with Crippen LogP contribution < -0.4 is 10.0 Å². The van der Waals surface area contributed by atoms with E-state index in [9.17, 15) is 23.3 Å². The zero-order valence-electron chi connectivity index (χ0n) is 17.7. The van der Waals surface area contributed by atoms with Gasteiger partial charge in [-0.2, -0.15) is 0 Å². The maximum absolute atomic E-state index is 13.0. The van der Waals surface area contributed by atoms with Crippen LogP contribution in [0.3, 0.4) is 0 Å². The zero-order valence-corrected chi connectivity index (χ0v) is 18.6. The summed E-state index contributed by atoms with van der Waals surface area (Å²) in [6.07, 6.45) is 1.45. The Bertz CT molecular complexity index is 1510. The molecule has 9 nitrogen and oxygen atoms in total. The van der Waals surface area contributed by atoms with Crippen molar-refractivity contribution in [3.05, 3.63) is 93.7 Å². The van der Waals surface area contributed by atoms with Gasteiger partial charge < -0.3 is 10.3 Å². The van der Waals surface area contributed by atoms with Crippen LogP contribution in [0.4, 0.5) is 17.1 Å². The predicted molar refractivity (Wildman–Crippen MR) is 126 cm³/mol. The van der Waals surface area contributed by atoms with Gasteiger partial charge in [-0.25, -0.2) is 8.42 Å². The van der Waals surface area contributed by atoms with E-state index in [1.807, 2.05) is 13.0 Å². The van der Waals surface area contributed by atoms with Crippen LogP contribution in [0.15, 0.2) is 71.8 Å². The summed E-state index contributed by atoms with van der Waals surface area (Å²) in [7, 11) is -3.91. The summed E-state index contributed by atoms with van der Waals surface area (Å²) in [4.78, 5) is 26.4. The number of nitrogens with zero attached hydrogens (tertiary/aromatic N) is 1. The molecule has 168 valence electrons. The van der Waals surface area contributed by atoms with E-state index >= 15 is 0 Å². The molecule has 1 amide bonds. The Hall–Kier alpha value is -4.18. The standard InChI is InChI=1S/C23H20N4O5S/c1-14-4-3-5-17(10-14)26-33(31,32)22-11-16(7-6-15(22)2)25-23(28)20-13-24-21-9-8-18(27(29)30)12-19(20)21/h3-13,24,26H,1-2H3,(H,25,28). The molecule has 0 bridgehead atoms. The summed E-state index contributed by atoms with van der Waals surface area (Å²) in [5, 5.41) is 14.2. The van der Waals surface area contributed by atoms with E-state index in [4.69, 9.17) is 0 Å². The number of H-pyrrole nitrogens is 1. The molecule has 10 heteroatoms. The molecule has 0 saturated heterocycles. The lowest BCUT2D eigenvalue weighted by Gasteiger charge is -2.13. The molecular weight excluding hydrogens is 444 g/mol. The third-order valence-corrected chi connectivity index (χ3v) is 6.65. The molecule has 0 aliphatic carbocycles. The van der Waals surface area contributed by atoms with E-state index < -0.39 is 20.9 Å². The molecule has 4 aromatic rings. The predicted octanol–water partition coefficient (Wildman–Crippen LogP) is 4.75. The molecule has 0 saturated carbocycles. The van der Waals surface area contributed by atoms with Crippen LogP contribution in [-0.4, -0.2) is 24.2 Å². The molecule has 0 spiro atoms. The fourth-order valence-corrected chi connectivity index (χ4v) is 4.82. The Kier molecular flexibility index (Phi) is 5.60. The number of sulfonamides is 1. The number of benzene rings is 3. The van der Waals surface area contributed by atoms with Gasteiger partial charge in [0.25, 0.3) is 21.6 Å². The molecular formula is C23H20N4O5S. The SMILES string of the molecule is Cc1cccc(NS(=O)(=O)c2cc(NC(=O)c3c[nH]c4ccc([N+](=O)[O-])cc34)ccc2C)c1. The highest BCUT2D eigenvalue weighted by atomic mass is 32.2. The number of carbonyl (C=O) groups is 1. The molecule has 33 heavy (non-hydrogen) atoms. The molecule has 1 heterocycles. The number of hydrogen-bond donors (Lipinski definition) is 3. The maximum atomic E-state index is 13.0. The van der Waals surface area contributed by atoms with E-state index in [2.05, 4.69) is 15.0 Å². The smallest absolute Gasteiger partial charge is 0.270 e. The Balaban J connectivity index is 1.63. The van der Waals surface area contributed by atoms with Crippen molar-refractivity contribution < 1.29 is 18.1 Å². The number of nitro groups is 1. The summed E-state index contributed by atoms with van der Waals surface area (Å²) in [6.45, 7) is 3.52. The Morgan fingerprint density at radius 2 is 1.79 bits per heavy atom. The maximum Gasteiger partial charge on any atom is 0.270 e. The average Bonchev–Trinajstić information content (AvgIpc) is 3.18. The third-order valence-electron chi connectivity index (χ3n) is 5.13. The van der Waals surface area contributed by atoms with Crippen LogP contribution in [0.25, 0.3) is 10.9 Å². The highest BCUT2D eigenvalue weighted by Crippen LogP contribution is 2.26. The van der Waals surface area contributed by atoms with Gasteiger partial charge >= 0.3 is 0 Å². The monoisotopic (exact) mass is 464 g/mol. The summed E-state index contributed by atoms with van der Waals surface area (Å²) < 4.78 is 28.5. The van der Waals surface area contributed by atoms with Gasteiger partial charge in [-0.3, -0.25) is 19.6 Å². The fourth-order valence-electron chi connectivity index (χ4n) is 3.49. The topological polar surface area (TPSA) is 134 Å². The van der Waals surface area contributed by atoms with Crippen molar-refractivity contribution >= 4 is 43.9 Å². The highest BCUT2D eigenvalue weighted by Gasteiger charge is 2.20. The number of aryl methyl sites for hydroxylation is 2. The minimum absolute atomic E-state index is 0.0244. The molecule has 0 fully saturated rings. The molecule has 3 N–H and O–H groups in total. The van der Waals surface area contributed by atoms with E-state index in [-0.39, 0.29) is 21.8 Å². The molecule has 3 aromatic carbocycles. The number of carbonyl (C=O) groups excluding carboxylic acids is 1. The van der Waals surface area contributed by atoms with Crippen LogP contribution in [0.5, 0.6) is 0 Å². The number of aromatic nitrogens is 1. The van der Waals surface area contributed by atoms with E-state index in [0.29, 0.717) is 22.2 Å². The number of hydrogen-bond acceptors (Lipinski definition) is 5. The first-order valence-electron chi connectivity index (χ1n) is 9.91. The summed E-state index contributed by atoms with van der Waals surface area (Å²) >= 11 is 0. The number of fused-ring (bicyclic) bond motifs is 1. The third kappa shape index (κ3) is 4.55. The van der Waals surface area contributed by atoms with Crippen molar-refractivity contribution in [2.75, 3.05) is 10.0 Å². The quantitative estimate of drug-likeness (QED) is 0.280. The molecule has 0 unspecified atom stereocenters. The van der Waals surface area contributed by atoms with Crippen molar-refractivity contribution in [2.45, 2.75) is 18.7 Å².